The van der Waals surface area contributed by atoms with Crippen molar-refractivity contribution in [1.82, 2.24) is 0 Å². The summed E-state index contributed by atoms with van der Waals surface area (Å²) in [6, 6.07) is 6.07. The van der Waals surface area contributed by atoms with Gasteiger partial charge in [0.15, 0.2) is 23.5 Å². The number of allylic oxidation sites excluding steroid dienone is 2. The standard InChI is InChI=1S/C20H18O10/c21-9-3-8-4-10(7-1-2-11(22)12(23)5-7)18(15(25)14(8)13(24)6-9)29-20-17(27)16(26)19(28)30-20/h1-3,5-6,16-17,19-24,26-28H,4H2/t16-,17-,19-,20-/m0/s1. The van der Waals surface area contributed by atoms with Crippen molar-refractivity contribution < 1.29 is 50.0 Å². The fourth-order valence-electron chi connectivity index (χ4n) is 3.50. The molecule has 1 heterocycles. The van der Waals surface area contributed by atoms with E-state index in [4.69, 9.17) is 9.47 Å². The number of ketones is 1. The molecule has 0 saturated carbocycles. The number of carbonyl (C=O) groups is 1. The first-order chi connectivity index (χ1) is 14.2. The summed E-state index contributed by atoms with van der Waals surface area (Å²) in [5.41, 5.74) is 0.610. The Morgan fingerprint density at radius 3 is 2.27 bits per heavy atom. The zero-order valence-corrected chi connectivity index (χ0v) is 15.3. The van der Waals surface area contributed by atoms with E-state index in [2.05, 4.69) is 0 Å². The van der Waals surface area contributed by atoms with E-state index in [9.17, 15) is 40.5 Å². The minimum absolute atomic E-state index is 0.0312. The van der Waals surface area contributed by atoms with Gasteiger partial charge in [0.1, 0.15) is 23.7 Å². The fourth-order valence-corrected chi connectivity index (χ4v) is 3.50. The molecular weight excluding hydrogens is 400 g/mol. The highest BCUT2D eigenvalue weighted by molar-refractivity contribution is 6.16. The Bertz CT molecular complexity index is 1060. The summed E-state index contributed by atoms with van der Waals surface area (Å²) in [6.07, 6.45) is -6.67. The Balaban J connectivity index is 1.84. The predicted molar refractivity (Wildman–Crippen MR) is 98.5 cm³/mol. The molecule has 1 aliphatic heterocycles. The van der Waals surface area contributed by atoms with Gasteiger partial charge in [0.25, 0.3) is 0 Å². The molecule has 4 atom stereocenters. The van der Waals surface area contributed by atoms with Crippen LogP contribution in [0.25, 0.3) is 5.57 Å². The van der Waals surface area contributed by atoms with Crippen LogP contribution in [-0.2, 0) is 15.9 Å². The Labute approximate surface area is 169 Å². The maximum absolute atomic E-state index is 13.1. The minimum atomic E-state index is -1.73. The third-order valence-electron chi connectivity index (χ3n) is 5.01. The summed E-state index contributed by atoms with van der Waals surface area (Å²) < 4.78 is 10.5. The average molecular weight is 418 g/mol. The van der Waals surface area contributed by atoms with Crippen molar-refractivity contribution >= 4 is 11.4 Å². The molecule has 4 rings (SSSR count). The average Bonchev–Trinajstić information content (AvgIpc) is 2.92. The number of aliphatic hydroxyl groups excluding tert-OH is 3. The Hall–Kier alpha value is -3.31. The van der Waals surface area contributed by atoms with Crippen LogP contribution < -0.4 is 0 Å². The largest absolute Gasteiger partial charge is 0.508 e. The Kier molecular flexibility index (Phi) is 4.79. The first-order valence-corrected chi connectivity index (χ1v) is 8.88. The predicted octanol–water partition coefficient (Wildman–Crippen LogP) is 0.0722. The molecule has 10 nitrogen and oxygen atoms in total. The number of aliphatic hydroxyl groups is 3. The molecule has 0 unspecified atom stereocenters. The Morgan fingerprint density at radius 2 is 1.63 bits per heavy atom. The van der Waals surface area contributed by atoms with Crippen molar-refractivity contribution in [2.24, 2.45) is 0 Å². The van der Waals surface area contributed by atoms with Gasteiger partial charge < -0.3 is 45.2 Å². The van der Waals surface area contributed by atoms with E-state index in [0.29, 0.717) is 0 Å². The van der Waals surface area contributed by atoms with E-state index in [0.717, 1.165) is 6.07 Å². The molecule has 2 aromatic carbocycles. The highest BCUT2D eigenvalue weighted by Crippen LogP contribution is 2.41. The second-order valence-electron chi connectivity index (χ2n) is 7.01. The molecule has 0 bridgehead atoms. The highest BCUT2D eigenvalue weighted by Gasteiger charge is 2.45. The lowest BCUT2D eigenvalue weighted by Gasteiger charge is -2.26. The number of fused-ring (bicyclic) bond motifs is 1. The van der Waals surface area contributed by atoms with Gasteiger partial charge in [0, 0.05) is 18.1 Å². The number of carbonyl (C=O) groups excluding carboxylic acids is 1. The van der Waals surface area contributed by atoms with Crippen molar-refractivity contribution in [3.63, 3.8) is 0 Å². The van der Waals surface area contributed by atoms with E-state index in [1.807, 2.05) is 0 Å². The molecule has 0 amide bonds. The monoisotopic (exact) mass is 418 g/mol. The van der Waals surface area contributed by atoms with Crippen LogP contribution >= 0.6 is 0 Å². The van der Waals surface area contributed by atoms with Crippen LogP contribution in [-0.4, -0.2) is 66.3 Å². The number of phenolic OH excluding ortho intramolecular Hbond substituents is 4. The first-order valence-electron chi connectivity index (χ1n) is 8.88. The molecule has 0 aromatic heterocycles. The van der Waals surface area contributed by atoms with Crippen LogP contribution in [0.15, 0.2) is 36.1 Å². The molecule has 1 saturated heterocycles. The van der Waals surface area contributed by atoms with Crippen molar-refractivity contribution in [3.8, 4) is 23.0 Å². The zero-order valence-electron chi connectivity index (χ0n) is 15.3. The van der Waals surface area contributed by atoms with Gasteiger partial charge in [0.2, 0.25) is 12.1 Å². The second kappa shape index (κ2) is 7.18. The molecule has 0 radical (unpaired) electrons. The first kappa shape index (κ1) is 20.0. The van der Waals surface area contributed by atoms with Gasteiger partial charge >= 0.3 is 0 Å². The summed E-state index contributed by atoms with van der Waals surface area (Å²) in [5.74, 6) is -2.77. The molecule has 7 N–H and O–H groups in total. The molecule has 2 aliphatic rings. The van der Waals surface area contributed by atoms with Crippen molar-refractivity contribution in [1.29, 1.82) is 0 Å². The number of benzene rings is 2. The van der Waals surface area contributed by atoms with Gasteiger partial charge in [-0.1, -0.05) is 6.07 Å². The number of phenols is 4. The summed E-state index contributed by atoms with van der Waals surface area (Å²) >= 11 is 0. The number of rotatable bonds is 3. The normalized spacial score (nSPS) is 26.0. The molecule has 2 aromatic rings. The maximum atomic E-state index is 13.1. The molecule has 158 valence electrons. The van der Waals surface area contributed by atoms with Gasteiger partial charge in [-0.15, -0.1) is 0 Å². The number of Topliss-reactive ketones (excluding diaryl/α,β-unsaturated/α-hetero) is 1. The van der Waals surface area contributed by atoms with E-state index in [1.165, 1.54) is 24.3 Å². The molecular formula is C20H18O10. The van der Waals surface area contributed by atoms with Gasteiger partial charge in [0.05, 0.1) is 5.56 Å². The number of ether oxygens (including phenoxy) is 2. The lowest BCUT2D eigenvalue weighted by atomic mass is 9.85. The molecule has 1 fully saturated rings. The van der Waals surface area contributed by atoms with Crippen LogP contribution in [0.4, 0.5) is 0 Å². The van der Waals surface area contributed by atoms with Crippen LogP contribution in [0.5, 0.6) is 23.0 Å². The number of hydrogen-bond acceptors (Lipinski definition) is 10. The molecule has 0 spiro atoms. The second-order valence-corrected chi connectivity index (χ2v) is 7.01. The molecule has 30 heavy (non-hydrogen) atoms. The molecule has 10 heteroatoms. The topological polar surface area (TPSA) is 177 Å². The quantitative estimate of drug-likeness (QED) is 0.338. The fraction of sp³-hybridized carbons (Fsp3) is 0.250. The smallest absolute Gasteiger partial charge is 0.232 e. The van der Waals surface area contributed by atoms with Gasteiger partial charge in [-0.3, -0.25) is 4.79 Å². The minimum Gasteiger partial charge on any atom is -0.508 e. The third-order valence-corrected chi connectivity index (χ3v) is 5.01. The van der Waals surface area contributed by atoms with Gasteiger partial charge in [-0.05, 0) is 29.3 Å². The lowest BCUT2D eigenvalue weighted by Crippen LogP contribution is -2.34. The van der Waals surface area contributed by atoms with Crippen LogP contribution in [0.3, 0.4) is 0 Å². The summed E-state index contributed by atoms with van der Waals surface area (Å²) in [6.45, 7) is 0. The van der Waals surface area contributed by atoms with Crippen molar-refractivity contribution in [2.45, 2.75) is 31.2 Å². The lowest BCUT2D eigenvalue weighted by molar-refractivity contribution is -0.188. The zero-order chi connectivity index (χ0) is 21.7. The van der Waals surface area contributed by atoms with Crippen LogP contribution in [0, 0.1) is 0 Å². The van der Waals surface area contributed by atoms with Crippen LogP contribution in [0.2, 0.25) is 0 Å². The Morgan fingerprint density at radius 1 is 0.900 bits per heavy atom. The SMILES string of the molecule is O=C1C(O[C@H]2O[C@H](O)[C@@H](O)[C@@H]2O)=C(c2ccc(O)c(O)c2)Cc2cc(O)cc(O)c21. The van der Waals surface area contributed by atoms with Gasteiger partial charge in [-0.25, -0.2) is 0 Å². The molecule has 1 aliphatic carbocycles. The summed E-state index contributed by atoms with van der Waals surface area (Å²) in [7, 11) is 0. The number of hydrogen-bond donors (Lipinski definition) is 7. The van der Waals surface area contributed by atoms with Gasteiger partial charge in [-0.2, -0.15) is 0 Å². The van der Waals surface area contributed by atoms with E-state index >= 15 is 0 Å². The highest BCUT2D eigenvalue weighted by atomic mass is 16.8. The van der Waals surface area contributed by atoms with E-state index in [-0.39, 0.29) is 45.9 Å². The van der Waals surface area contributed by atoms with E-state index in [1.54, 1.807) is 0 Å². The van der Waals surface area contributed by atoms with E-state index < -0.39 is 42.1 Å². The van der Waals surface area contributed by atoms with Crippen molar-refractivity contribution in [3.05, 3.63) is 52.8 Å². The summed E-state index contributed by atoms with van der Waals surface area (Å²) in [4.78, 5) is 13.1. The van der Waals surface area contributed by atoms with Crippen molar-refractivity contribution in [2.75, 3.05) is 0 Å². The third kappa shape index (κ3) is 3.21. The number of aromatic hydroxyl groups is 4. The van der Waals surface area contributed by atoms with Crippen LogP contribution in [0.1, 0.15) is 21.5 Å². The summed E-state index contributed by atoms with van der Waals surface area (Å²) in [5, 5.41) is 68.6. The maximum Gasteiger partial charge on any atom is 0.232 e.